The number of urea groups is 1. The quantitative estimate of drug-likeness (QED) is 0.859. The molecule has 1 aromatic heterocycles. The lowest BCUT2D eigenvalue weighted by Gasteiger charge is -2.40. The summed E-state index contributed by atoms with van der Waals surface area (Å²) < 4.78 is 43.3. The van der Waals surface area contributed by atoms with Crippen molar-refractivity contribution in [3.05, 3.63) is 48.2 Å². The van der Waals surface area contributed by atoms with Gasteiger partial charge in [0.05, 0.1) is 12.7 Å². The molecule has 0 spiro atoms. The Kier molecular flexibility index (Phi) is 5.62. The van der Waals surface area contributed by atoms with E-state index < -0.39 is 11.7 Å². The van der Waals surface area contributed by atoms with Gasteiger partial charge in [-0.25, -0.2) is 9.78 Å². The Morgan fingerprint density at radius 3 is 2.54 bits per heavy atom. The minimum absolute atomic E-state index is 0.116. The monoisotopic (exact) mass is 394 g/mol. The summed E-state index contributed by atoms with van der Waals surface area (Å²) in [5.41, 5.74) is -0.434. The zero-order chi connectivity index (χ0) is 20.3. The van der Waals surface area contributed by atoms with Crippen LogP contribution in [0, 0.1) is 0 Å². The molecule has 0 bridgehead atoms. The Morgan fingerprint density at radius 2 is 1.93 bits per heavy atom. The van der Waals surface area contributed by atoms with Gasteiger partial charge in [0, 0.05) is 37.6 Å². The third kappa shape index (κ3) is 4.29. The summed E-state index contributed by atoms with van der Waals surface area (Å²) in [5, 5.41) is 2.66. The largest absolute Gasteiger partial charge is 0.493 e. The number of pyridine rings is 1. The lowest BCUT2D eigenvalue weighted by Crippen LogP contribution is -2.55. The molecule has 1 aliphatic heterocycles. The average Bonchev–Trinajstić information content (AvgIpc) is 2.67. The number of hydrogen-bond acceptors (Lipinski definition) is 4. The molecule has 1 fully saturated rings. The van der Waals surface area contributed by atoms with Gasteiger partial charge in [-0.2, -0.15) is 13.2 Å². The van der Waals surface area contributed by atoms with Crippen LogP contribution < -0.4 is 15.0 Å². The number of carbonyl (C=O) groups is 1. The Morgan fingerprint density at radius 1 is 1.21 bits per heavy atom. The van der Waals surface area contributed by atoms with Gasteiger partial charge < -0.3 is 19.9 Å². The second-order valence-corrected chi connectivity index (χ2v) is 6.52. The van der Waals surface area contributed by atoms with E-state index in [2.05, 4.69) is 10.3 Å². The molecule has 1 saturated heterocycles. The Bertz CT molecular complexity index is 827. The zero-order valence-electron chi connectivity index (χ0n) is 15.5. The van der Waals surface area contributed by atoms with E-state index in [1.165, 1.54) is 12.1 Å². The molecule has 2 aromatic rings. The summed E-state index contributed by atoms with van der Waals surface area (Å²) in [7, 11) is 1.58. The molecular formula is C19H21F3N4O2. The van der Waals surface area contributed by atoms with Gasteiger partial charge in [0.1, 0.15) is 0 Å². The van der Waals surface area contributed by atoms with Gasteiger partial charge in [0.15, 0.2) is 11.6 Å². The number of piperazine rings is 1. The summed E-state index contributed by atoms with van der Waals surface area (Å²) in [6.07, 6.45) is -2.72. The first-order chi connectivity index (χ1) is 13.3. The number of benzene rings is 1. The number of carbonyl (C=O) groups excluding carboxylic acids is 1. The molecule has 1 atom stereocenters. The van der Waals surface area contributed by atoms with E-state index in [9.17, 15) is 18.0 Å². The van der Waals surface area contributed by atoms with Crippen LogP contribution in [0.15, 0.2) is 42.6 Å². The Labute approximate surface area is 160 Å². The number of nitrogens with one attached hydrogen (secondary N) is 1. The Hall–Kier alpha value is -2.97. The highest BCUT2D eigenvalue weighted by Gasteiger charge is 2.31. The van der Waals surface area contributed by atoms with Crippen LogP contribution in [0.4, 0.5) is 29.5 Å². The lowest BCUT2D eigenvalue weighted by molar-refractivity contribution is -0.137. The first-order valence-electron chi connectivity index (χ1n) is 8.78. The maximum absolute atomic E-state index is 12.6. The van der Waals surface area contributed by atoms with Crippen molar-refractivity contribution in [2.24, 2.45) is 0 Å². The predicted octanol–water partition coefficient (Wildman–Crippen LogP) is 3.85. The van der Waals surface area contributed by atoms with Gasteiger partial charge in [-0.15, -0.1) is 0 Å². The number of amides is 2. The molecule has 28 heavy (non-hydrogen) atoms. The van der Waals surface area contributed by atoms with Gasteiger partial charge in [0.2, 0.25) is 0 Å². The summed E-state index contributed by atoms with van der Waals surface area (Å²) in [6.45, 7) is 3.49. The van der Waals surface area contributed by atoms with E-state index >= 15 is 0 Å². The molecule has 0 unspecified atom stereocenters. The molecule has 3 rings (SSSR count). The number of halogens is 3. The summed E-state index contributed by atoms with van der Waals surface area (Å²) in [6, 6.07) is 7.56. The molecule has 0 saturated carbocycles. The molecular weight excluding hydrogens is 373 g/mol. The van der Waals surface area contributed by atoms with Crippen LogP contribution in [0.1, 0.15) is 12.5 Å². The van der Waals surface area contributed by atoms with Crippen molar-refractivity contribution < 1.29 is 22.7 Å². The number of aromatic nitrogens is 1. The molecule has 150 valence electrons. The second-order valence-electron chi connectivity index (χ2n) is 6.52. The van der Waals surface area contributed by atoms with Crippen LogP contribution in [-0.2, 0) is 6.18 Å². The second kappa shape index (κ2) is 7.95. The zero-order valence-corrected chi connectivity index (χ0v) is 15.5. The van der Waals surface area contributed by atoms with E-state index in [1.807, 2.05) is 17.9 Å². The fourth-order valence-corrected chi connectivity index (χ4v) is 3.17. The summed E-state index contributed by atoms with van der Waals surface area (Å²) in [4.78, 5) is 20.6. The van der Waals surface area contributed by atoms with Gasteiger partial charge in [-0.05, 0) is 43.3 Å². The minimum atomic E-state index is -4.40. The van der Waals surface area contributed by atoms with Crippen molar-refractivity contribution in [3.8, 4) is 5.75 Å². The van der Waals surface area contributed by atoms with E-state index in [0.717, 1.165) is 18.0 Å². The predicted molar refractivity (Wildman–Crippen MR) is 99.6 cm³/mol. The lowest BCUT2D eigenvalue weighted by atomic mass is 10.2. The molecule has 2 amide bonds. The van der Waals surface area contributed by atoms with Crippen molar-refractivity contribution in [1.82, 2.24) is 9.88 Å². The highest BCUT2D eigenvalue weighted by Crippen LogP contribution is 2.30. The molecule has 6 nitrogen and oxygen atoms in total. The number of anilines is 2. The normalized spacial score (nSPS) is 17.4. The summed E-state index contributed by atoms with van der Waals surface area (Å²) >= 11 is 0. The fraction of sp³-hybridized carbons (Fsp3) is 0.368. The van der Waals surface area contributed by atoms with Crippen LogP contribution in [0.2, 0.25) is 0 Å². The fourth-order valence-electron chi connectivity index (χ4n) is 3.17. The van der Waals surface area contributed by atoms with Crippen molar-refractivity contribution in [1.29, 1.82) is 0 Å². The highest BCUT2D eigenvalue weighted by atomic mass is 19.4. The van der Waals surface area contributed by atoms with Crippen molar-refractivity contribution >= 4 is 17.5 Å². The van der Waals surface area contributed by atoms with E-state index in [0.29, 0.717) is 31.1 Å². The first kappa shape index (κ1) is 19.8. The molecule has 2 heterocycles. The average molecular weight is 394 g/mol. The van der Waals surface area contributed by atoms with E-state index in [1.54, 1.807) is 24.3 Å². The van der Waals surface area contributed by atoms with Crippen molar-refractivity contribution in [3.63, 3.8) is 0 Å². The number of methoxy groups -OCH3 is 1. The van der Waals surface area contributed by atoms with Gasteiger partial charge >= 0.3 is 12.2 Å². The first-order valence-corrected chi connectivity index (χ1v) is 8.78. The SMILES string of the molecule is COc1cccnc1N1CCN(C(=O)Nc2ccc(C(F)(F)F)cc2)[C@H](C)C1. The maximum Gasteiger partial charge on any atom is 0.416 e. The Balaban J connectivity index is 1.63. The standard InChI is InChI=1S/C19H21F3N4O2/c1-13-12-25(17-16(28-2)4-3-9-23-17)10-11-26(13)18(27)24-15-7-5-14(6-8-15)19(20,21)22/h3-9,13H,10-12H2,1-2H3,(H,24,27)/t13-/m1/s1. The topological polar surface area (TPSA) is 57.7 Å². The third-order valence-corrected chi connectivity index (χ3v) is 4.62. The third-order valence-electron chi connectivity index (χ3n) is 4.62. The van der Waals surface area contributed by atoms with Crippen LogP contribution in [0.5, 0.6) is 5.75 Å². The maximum atomic E-state index is 12.6. The number of hydrogen-bond donors (Lipinski definition) is 1. The molecule has 1 aliphatic rings. The molecule has 9 heteroatoms. The van der Waals surface area contributed by atoms with E-state index in [-0.39, 0.29) is 12.1 Å². The number of ether oxygens (including phenoxy) is 1. The van der Waals surface area contributed by atoms with Crippen LogP contribution in [0.25, 0.3) is 0 Å². The minimum Gasteiger partial charge on any atom is -0.493 e. The van der Waals surface area contributed by atoms with Crippen LogP contribution >= 0.6 is 0 Å². The molecule has 1 N–H and O–H groups in total. The van der Waals surface area contributed by atoms with Gasteiger partial charge in [0.25, 0.3) is 0 Å². The molecule has 1 aromatic carbocycles. The summed E-state index contributed by atoms with van der Waals surface area (Å²) in [5.74, 6) is 1.39. The van der Waals surface area contributed by atoms with Crippen LogP contribution in [0.3, 0.4) is 0 Å². The van der Waals surface area contributed by atoms with Crippen molar-refractivity contribution in [2.75, 3.05) is 37.0 Å². The van der Waals surface area contributed by atoms with Crippen LogP contribution in [-0.4, -0.2) is 48.7 Å². The number of alkyl halides is 3. The number of nitrogens with zero attached hydrogens (tertiary/aromatic N) is 3. The smallest absolute Gasteiger partial charge is 0.416 e. The number of rotatable bonds is 3. The van der Waals surface area contributed by atoms with Gasteiger partial charge in [-0.3, -0.25) is 0 Å². The van der Waals surface area contributed by atoms with E-state index in [4.69, 9.17) is 4.74 Å². The van der Waals surface area contributed by atoms with Gasteiger partial charge in [-0.1, -0.05) is 0 Å². The molecule has 0 radical (unpaired) electrons. The van der Waals surface area contributed by atoms with Crippen molar-refractivity contribution in [2.45, 2.75) is 19.1 Å². The highest BCUT2D eigenvalue weighted by molar-refractivity contribution is 5.89. The molecule has 0 aliphatic carbocycles.